The molecule has 0 fully saturated rings. The van der Waals surface area contributed by atoms with Crippen LogP contribution in [0.5, 0.6) is 5.75 Å². The van der Waals surface area contributed by atoms with Crippen molar-refractivity contribution in [2.75, 3.05) is 0 Å². The summed E-state index contributed by atoms with van der Waals surface area (Å²) in [7, 11) is 0. The van der Waals surface area contributed by atoms with Crippen molar-refractivity contribution < 1.29 is 9.90 Å². The van der Waals surface area contributed by atoms with Crippen LogP contribution >= 0.6 is 23.2 Å². The summed E-state index contributed by atoms with van der Waals surface area (Å²) in [6, 6.07) is 12.2. The highest BCUT2D eigenvalue weighted by atomic mass is 35.5. The van der Waals surface area contributed by atoms with Gasteiger partial charge in [0.15, 0.2) is 0 Å². The lowest BCUT2D eigenvalue weighted by Gasteiger charge is -2.18. The van der Waals surface area contributed by atoms with Gasteiger partial charge in [-0.1, -0.05) is 53.5 Å². The lowest BCUT2D eigenvalue weighted by Crippen LogP contribution is -2.20. The van der Waals surface area contributed by atoms with Crippen molar-refractivity contribution in [2.45, 2.75) is 34.6 Å². The van der Waals surface area contributed by atoms with Crippen LogP contribution in [0.15, 0.2) is 52.7 Å². The molecule has 1 N–H and O–H groups in total. The number of rotatable bonds is 5. The minimum Gasteiger partial charge on any atom is -0.506 e. The summed E-state index contributed by atoms with van der Waals surface area (Å²) < 4.78 is 0. The van der Waals surface area contributed by atoms with Crippen molar-refractivity contribution in [2.24, 2.45) is 10.2 Å². The van der Waals surface area contributed by atoms with E-state index in [-0.39, 0.29) is 22.3 Å². The Morgan fingerprint density at radius 3 is 2.03 bits per heavy atom. The van der Waals surface area contributed by atoms with Crippen LogP contribution in [0, 0.1) is 34.6 Å². The SMILES string of the molecule is Cc1c(C)c(C)c(C(=O)/C(=N\N=C/c2cc(Cl)cc(Cl)c2O)c2ccccc2)c(C)c1C. The van der Waals surface area contributed by atoms with E-state index in [1.807, 2.05) is 58.0 Å². The molecule has 0 heterocycles. The summed E-state index contributed by atoms with van der Waals surface area (Å²) in [5.41, 5.74) is 7.03. The molecule has 0 aliphatic heterocycles. The summed E-state index contributed by atoms with van der Waals surface area (Å²) in [6.07, 6.45) is 1.33. The Morgan fingerprint density at radius 2 is 1.44 bits per heavy atom. The smallest absolute Gasteiger partial charge is 0.214 e. The van der Waals surface area contributed by atoms with Gasteiger partial charge in [-0.3, -0.25) is 4.79 Å². The Kier molecular flexibility index (Phi) is 7.17. The van der Waals surface area contributed by atoms with Gasteiger partial charge in [0, 0.05) is 21.7 Å². The van der Waals surface area contributed by atoms with Crippen molar-refractivity contribution in [1.82, 2.24) is 0 Å². The van der Waals surface area contributed by atoms with Gasteiger partial charge in [-0.05, 0) is 74.6 Å². The molecule has 4 nitrogen and oxygen atoms in total. The molecule has 0 saturated carbocycles. The molecule has 164 valence electrons. The van der Waals surface area contributed by atoms with E-state index in [0.29, 0.717) is 21.7 Å². The Morgan fingerprint density at radius 1 is 0.875 bits per heavy atom. The molecule has 0 bridgehead atoms. The highest BCUT2D eigenvalue weighted by Crippen LogP contribution is 2.30. The normalized spacial score (nSPS) is 11.9. The lowest BCUT2D eigenvalue weighted by atomic mass is 9.86. The molecule has 0 aliphatic rings. The number of hydrogen-bond acceptors (Lipinski definition) is 4. The summed E-state index contributed by atoms with van der Waals surface area (Å²) in [5, 5.41) is 19.0. The molecule has 0 atom stereocenters. The standard InChI is InChI=1S/C26H24Cl2N2O2/c1-14-15(2)17(4)23(18(5)16(14)3)26(32)24(19-9-7-6-8-10-19)30-29-13-20-11-21(27)12-22(28)25(20)31/h6-13,31H,1-5H3/b29-13-,30-24-. The summed E-state index contributed by atoms with van der Waals surface area (Å²) in [5.74, 6) is -0.359. The van der Waals surface area contributed by atoms with Crippen LogP contribution in [0.2, 0.25) is 10.0 Å². The van der Waals surface area contributed by atoms with E-state index in [9.17, 15) is 9.90 Å². The molecule has 3 rings (SSSR count). The van der Waals surface area contributed by atoms with Gasteiger partial charge in [-0.15, -0.1) is 5.10 Å². The molecule has 0 saturated heterocycles. The van der Waals surface area contributed by atoms with Crippen molar-refractivity contribution >= 4 is 40.9 Å². The predicted molar refractivity (Wildman–Crippen MR) is 133 cm³/mol. The molecule has 3 aromatic carbocycles. The monoisotopic (exact) mass is 466 g/mol. The number of phenolic OH excluding ortho intramolecular Hbond substituents is 1. The average Bonchev–Trinajstić information content (AvgIpc) is 2.77. The van der Waals surface area contributed by atoms with Gasteiger partial charge in [0.2, 0.25) is 5.78 Å². The Labute approximate surface area is 198 Å². The molecule has 0 amide bonds. The predicted octanol–water partition coefficient (Wildman–Crippen LogP) is 6.95. The average molecular weight is 467 g/mol. The van der Waals surface area contributed by atoms with E-state index < -0.39 is 0 Å². The van der Waals surface area contributed by atoms with Crippen LogP contribution in [0.4, 0.5) is 0 Å². The number of carbonyl (C=O) groups is 1. The first kappa shape index (κ1) is 23.7. The Balaban J connectivity index is 2.15. The molecule has 3 aromatic rings. The number of benzene rings is 3. The fourth-order valence-corrected chi connectivity index (χ4v) is 4.13. The maximum Gasteiger partial charge on any atom is 0.214 e. The zero-order valence-corrected chi connectivity index (χ0v) is 20.1. The second-order valence-corrected chi connectivity index (χ2v) is 8.56. The molecule has 0 radical (unpaired) electrons. The van der Waals surface area contributed by atoms with E-state index in [4.69, 9.17) is 23.2 Å². The van der Waals surface area contributed by atoms with Gasteiger partial charge in [-0.2, -0.15) is 5.10 Å². The summed E-state index contributed by atoms with van der Waals surface area (Å²) in [4.78, 5) is 13.7. The molecule has 0 spiro atoms. The largest absolute Gasteiger partial charge is 0.506 e. The fraction of sp³-hybridized carbons (Fsp3) is 0.192. The van der Waals surface area contributed by atoms with Gasteiger partial charge in [0.05, 0.1) is 11.2 Å². The van der Waals surface area contributed by atoms with Gasteiger partial charge in [0.25, 0.3) is 0 Å². The van der Waals surface area contributed by atoms with Crippen LogP contribution < -0.4 is 0 Å². The zero-order chi connectivity index (χ0) is 23.6. The van der Waals surface area contributed by atoms with Crippen LogP contribution in [0.1, 0.15) is 49.3 Å². The first-order chi connectivity index (χ1) is 15.1. The van der Waals surface area contributed by atoms with Gasteiger partial charge in [0.1, 0.15) is 11.5 Å². The van der Waals surface area contributed by atoms with Gasteiger partial charge >= 0.3 is 0 Å². The molecule has 0 aliphatic carbocycles. The maximum absolute atomic E-state index is 13.7. The Hall–Kier alpha value is -2.95. The van der Waals surface area contributed by atoms with E-state index in [0.717, 1.165) is 22.3 Å². The number of phenols is 1. The van der Waals surface area contributed by atoms with E-state index in [1.165, 1.54) is 23.9 Å². The number of carbonyl (C=O) groups excluding carboxylic acids is 1. The van der Waals surface area contributed by atoms with E-state index in [2.05, 4.69) is 17.1 Å². The molecule has 32 heavy (non-hydrogen) atoms. The first-order valence-corrected chi connectivity index (χ1v) is 10.8. The van der Waals surface area contributed by atoms with Crippen molar-refractivity contribution in [3.8, 4) is 5.75 Å². The molecular formula is C26H24Cl2N2O2. The number of nitrogens with zero attached hydrogens (tertiary/aromatic N) is 2. The van der Waals surface area contributed by atoms with Crippen molar-refractivity contribution in [1.29, 1.82) is 0 Å². The molecule has 0 unspecified atom stereocenters. The number of aromatic hydroxyl groups is 1. The topological polar surface area (TPSA) is 62.0 Å². The van der Waals surface area contributed by atoms with Gasteiger partial charge < -0.3 is 5.11 Å². The van der Waals surface area contributed by atoms with Crippen LogP contribution in [0.3, 0.4) is 0 Å². The number of halogens is 2. The molecule has 6 heteroatoms. The molecular weight excluding hydrogens is 443 g/mol. The van der Waals surface area contributed by atoms with Crippen molar-refractivity contribution in [3.05, 3.63) is 97.0 Å². The highest BCUT2D eigenvalue weighted by Gasteiger charge is 2.23. The number of ketones is 1. The number of Topliss-reactive ketones (excluding diaryl/α,β-unsaturated/α-hetero) is 1. The second kappa shape index (κ2) is 9.68. The highest BCUT2D eigenvalue weighted by molar-refractivity contribution is 6.52. The minimum atomic E-state index is -0.206. The van der Waals surface area contributed by atoms with Crippen LogP contribution in [-0.2, 0) is 0 Å². The summed E-state index contributed by atoms with van der Waals surface area (Å²) >= 11 is 12.0. The maximum atomic E-state index is 13.7. The lowest BCUT2D eigenvalue weighted by molar-refractivity contribution is 0.106. The fourth-order valence-electron chi connectivity index (χ4n) is 3.62. The quantitative estimate of drug-likeness (QED) is 0.251. The van der Waals surface area contributed by atoms with Crippen LogP contribution in [0.25, 0.3) is 0 Å². The second-order valence-electron chi connectivity index (χ2n) is 7.71. The first-order valence-electron chi connectivity index (χ1n) is 10.1. The van der Waals surface area contributed by atoms with E-state index in [1.54, 1.807) is 0 Å². The number of hydrogen-bond donors (Lipinski definition) is 1. The van der Waals surface area contributed by atoms with Gasteiger partial charge in [-0.25, -0.2) is 0 Å². The third kappa shape index (κ3) is 4.62. The third-order valence-electron chi connectivity index (χ3n) is 5.90. The zero-order valence-electron chi connectivity index (χ0n) is 18.6. The Bertz CT molecular complexity index is 1230. The molecule has 0 aromatic heterocycles. The van der Waals surface area contributed by atoms with Crippen molar-refractivity contribution in [3.63, 3.8) is 0 Å². The summed E-state index contributed by atoms with van der Waals surface area (Å²) in [6.45, 7) is 10.0. The minimum absolute atomic E-state index is 0.110. The van der Waals surface area contributed by atoms with Crippen LogP contribution in [-0.4, -0.2) is 22.8 Å². The van der Waals surface area contributed by atoms with E-state index >= 15 is 0 Å². The third-order valence-corrected chi connectivity index (χ3v) is 6.41.